The molecule has 0 fully saturated rings. The van der Waals surface area contributed by atoms with Gasteiger partial charge in [-0.25, -0.2) is 13.2 Å². The van der Waals surface area contributed by atoms with Crippen LogP contribution in [0.1, 0.15) is 32.8 Å². The third-order valence-electron chi connectivity index (χ3n) is 4.11. The van der Waals surface area contributed by atoms with Crippen LogP contribution in [0.25, 0.3) is 11.3 Å². The average Bonchev–Trinajstić information content (AvgIpc) is 2.89. The second kappa shape index (κ2) is 6.46. The second-order valence-electron chi connectivity index (χ2n) is 6.61. The predicted octanol–water partition coefficient (Wildman–Crippen LogP) is 4.51. The van der Waals surface area contributed by atoms with Crippen molar-refractivity contribution in [1.29, 1.82) is 0 Å². The molecule has 1 aliphatic rings. The van der Waals surface area contributed by atoms with Crippen molar-refractivity contribution in [2.24, 2.45) is 5.16 Å². The Bertz CT molecular complexity index is 960. The van der Waals surface area contributed by atoms with E-state index >= 15 is 0 Å². The molecular formula is C18H16ClF3N2O2. The van der Waals surface area contributed by atoms with Crippen molar-refractivity contribution in [2.45, 2.75) is 39.3 Å². The molecule has 138 valence electrons. The van der Waals surface area contributed by atoms with Crippen LogP contribution < -0.4 is 5.56 Å². The highest BCUT2D eigenvalue weighted by atomic mass is 35.5. The Kier molecular flexibility index (Phi) is 4.60. The highest BCUT2D eigenvalue weighted by Crippen LogP contribution is 2.34. The maximum Gasteiger partial charge on any atom is 0.269 e. The van der Waals surface area contributed by atoms with Crippen LogP contribution in [0.5, 0.6) is 0 Å². The molecule has 4 nitrogen and oxygen atoms in total. The van der Waals surface area contributed by atoms with Gasteiger partial charge >= 0.3 is 0 Å². The minimum Gasteiger partial charge on any atom is -0.389 e. The molecule has 1 aromatic heterocycles. The molecule has 0 N–H and O–H groups in total. The van der Waals surface area contributed by atoms with E-state index in [1.807, 2.05) is 0 Å². The monoisotopic (exact) mass is 384 g/mol. The fourth-order valence-corrected chi connectivity index (χ4v) is 3.19. The Labute approximate surface area is 152 Å². The standard InChI is InChI=1S/C18H16ClF3N2O2/c1-4-24-16(15-12(21)5-9(20)6-13(15)22)10(7-11(19)17(24)25)14-8-18(2,3)26-23-14/h5-7H,4,8H2,1-3H3. The zero-order valence-corrected chi connectivity index (χ0v) is 15.1. The number of pyridine rings is 1. The number of oxime groups is 1. The Morgan fingerprint density at radius 1 is 1.23 bits per heavy atom. The normalized spacial score (nSPS) is 15.7. The Hall–Kier alpha value is -2.28. The van der Waals surface area contributed by atoms with Crippen LogP contribution in [0.3, 0.4) is 0 Å². The minimum atomic E-state index is -1.12. The lowest BCUT2D eigenvalue weighted by Gasteiger charge is -2.18. The molecule has 2 heterocycles. The summed E-state index contributed by atoms with van der Waals surface area (Å²) in [5.74, 6) is -3.29. The van der Waals surface area contributed by atoms with Gasteiger partial charge in [0.1, 0.15) is 28.1 Å². The lowest BCUT2D eigenvalue weighted by Crippen LogP contribution is -2.26. The smallest absolute Gasteiger partial charge is 0.269 e. The third-order valence-corrected chi connectivity index (χ3v) is 4.38. The summed E-state index contributed by atoms with van der Waals surface area (Å²) in [7, 11) is 0. The van der Waals surface area contributed by atoms with Gasteiger partial charge in [-0.05, 0) is 26.8 Å². The number of hydrogen-bond acceptors (Lipinski definition) is 3. The summed E-state index contributed by atoms with van der Waals surface area (Å²) in [5, 5.41) is 3.88. The first-order valence-corrected chi connectivity index (χ1v) is 8.36. The summed E-state index contributed by atoms with van der Waals surface area (Å²) in [6.07, 6.45) is 0.350. The molecule has 0 unspecified atom stereocenters. The van der Waals surface area contributed by atoms with Gasteiger partial charge < -0.3 is 9.40 Å². The number of nitrogens with zero attached hydrogens (tertiary/aromatic N) is 2. The van der Waals surface area contributed by atoms with Gasteiger partial charge in [0.2, 0.25) is 0 Å². The van der Waals surface area contributed by atoms with Crippen LogP contribution in [-0.2, 0) is 11.4 Å². The fourth-order valence-electron chi connectivity index (χ4n) is 2.98. The highest BCUT2D eigenvalue weighted by Gasteiger charge is 2.33. The van der Waals surface area contributed by atoms with Gasteiger partial charge in [-0.15, -0.1) is 0 Å². The summed E-state index contributed by atoms with van der Waals surface area (Å²) in [4.78, 5) is 17.8. The molecule has 0 spiro atoms. The van der Waals surface area contributed by atoms with Crippen LogP contribution in [0.2, 0.25) is 5.02 Å². The van der Waals surface area contributed by atoms with Crippen molar-refractivity contribution >= 4 is 17.3 Å². The van der Waals surface area contributed by atoms with Crippen molar-refractivity contribution < 1.29 is 18.0 Å². The zero-order valence-electron chi connectivity index (χ0n) is 14.4. The molecule has 2 aromatic rings. The zero-order chi connectivity index (χ0) is 19.2. The van der Waals surface area contributed by atoms with E-state index in [4.69, 9.17) is 16.4 Å². The topological polar surface area (TPSA) is 43.6 Å². The van der Waals surface area contributed by atoms with Gasteiger partial charge in [-0.2, -0.15) is 0 Å². The Morgan fingerprint density at radius 3 is 2.35 bits per heavy atom. The lowest BCUT2D eigenvalue weighted by atomic mass is 9.94. The van der Waals surface area contributed by atoms with Crippen molar-refractivity contribution in [2.75, 3.05) is 0 Å². The van der Waals surface area contributed by atoms with Crippen molar-refractivity contribution in [1.82, 2.24) is 4.57 Å². The van der Waals surface area contributed by atoms with Gasteiger partial charge in [0.25, 0.3) is 5.56 Å². The molecule has 0 saturated heterocycles. The van der Waals surface area contributed by atoms with E-state index in [2.05, 4.69) is 5.16 Å². The van der Waals surface area contributed by atoms with E-state index in [1.165, 1.54) is 6.07 Å². The van der Waals surface area contributed by atoms with Gasteiger partial charge in [-0.3, -0.25) is 4.79 Å². The van der Waals surface area contributed by atoms with Crippen molar-refractivity contribution in [3.05, 3.63) is 56.6 Å². The maximum absolute atomic E-state index is 14.5. The SMILES string of the molecule is CCn1c(-c2c(F)cc(F)cc2F)c(C2=NOC(C)(C)C2)cc(Cl)c1=O. The van der Waals surface area contributed by atoms with Crippen LogP contribution in [0.15, 0.2) is 28.1 Å². The van der Waals surface area contributed by atoms with Crippen molar-refractivity contribution in [3.8, 4) is 11.3 Å². The maximum atomic E-state index is 14.5. The van der Waals surface area contributed by atoms with E-state index in [1.54, 1.807) is 20.8 Å². The average molecular weight is 385 g/mol. The Morgan fingerprint density at radius 2 is 1.85 bits per heavy atom. The van der Waals surface area contributed by atoms with E-state index in [0.29, 0.717) is 24.3 Å². The summed E-state index contributed by atoms with van der Waals surface area (Å²) >= 11 is 6.03. The molecular weight excluding hydrogens is 369 g/mol. The predicted molar refractivity (Wildman–Crippen MR) is 93.0 cm³/mol. The highest BCUT2D eigenvalue weighted by molar-refractivity contribution is 6.31. The van der Waals surface area contributed by atoms with Gasteiger partial charge in [0.05, 0.1) is 17.0 Å². The Balaban J connectivity index is 2.38. The fraction of sp³-hybridized carbons (Fsp3) is 0.333. The molecule has 0 aliphatic carbocycles. The number of aromatic nitrogens is 1. The molecule has 1 aliphatic heterocycles. The molecule has 26 heavy (non-hydrogen) atoms. The summed E-state index contributed by atoms with van der Waals surface area (Å²) in [5.41, 5.74) is -1.09. The molecule has 0 saturated carbocycles. The van der Waals surface area contributed by atoms with Crippen molar-refractivity contribution in [3.63, 3.8) is 0 Å². The second-order valence-corrected chi connectivity index (χ2v) is 7.02. The number of rotatable bonds is 3. The first-order valence-electron chi connectivity index (χ1n) is 7.98. The summed E-state index contributed by atoms with van der Waals surface area (Å²) in [6.45, 7) is 5.36. The first-order chi connectivity index (χ1) is 12.1. The first kappa shape index (κ1) is 18.5. The van der Waals surface area contributed by atoms with Crippen LogP contribution >= 0.6 is 11.6 Å². The summed E-state index contributed by atoms with van der Waals surface area (Å²) < 4.78 is 43.4. The quantitative estimate of drug-likeness (QED) is 0.781. The van der Waals surface area contributed by atoms with E-state index in [-0.39, 0.29) is 22.8 Å². The molecule has 0 atom stereocenters. The molecule has 3 rings (SSSR count). The van der Waals surface area contributed by atoms with E-state index < -0.39 is 34.2 Å². The van der Waals surface area contributed by atoms with Crippen LogP contribution in [0, 0.1) is 17.5 Å². The lowest BCUT2D eigenvalue weighted by molar-refractivity contribution is 0.0123. The van der Waals surface area contributed by atoms with E-state index in [0.717, 1.165) is 4.57 Å². The van der Waals surface area contributed by atoms with Gasteiger partial charge in [0.15, 0.2) is 0 Å². The number of hydrogen-bond donors (Lipinski definition) is 0. The van der Waals surface area contributed by atoms with Crippen LogP contribution in [0.4, 0.5) is 13.2 Å². The van der Waals surface area contributed by atoms with Gasteiger partial charge in [0, 0.05) is 30.7 Å². The molecule has 8 heteroatoms. The van der Waals surface area contributed by atoms with Crippen LogP contribution in [-0.4, -0.2) is 15.9 Å². The number of halogens is 4. The third kappa shape index (κ3) is 3.11. The largest absolute Gasteiger partial charge is 0.389 e. The van der Waals surface area contributed by atoms with E-state index in [9.17, 15) is 18.0 Å². The minimum absolute atomic E-state index is 0.0445. The molecule has 0 amide bonds. The molecule has 1 aromatic carbocycles. The molecule has 0 bridgehead atoms. The molecule has 0 radical (unpaired) electrons. The number of benzene rings is 1. The summed E-state index contributed by atoms with van der Waals surface area (Å²) in [6, 6.07) is 2.45. The van der Waals surface area contributed by atoms with Gasteiger partial charge in [-0.1, -0.05) is 16.8 Å².